The van der Waals surface area contributed by atoms with E-state index in [2.05, 4.69) is 255 Å². The zero-order valence-electron chi connectivity index (χ0n) is 34.8. The van der Waals surface area contributed by atoms with Gasteiger partial charge >= 0.3 is 0 Å². The van der Waals surface area contributed by atoms with Crippen LogP contribution in [0.5, 0.6) is 0 Å². The van der Waals surface area contributed by atoms with Crippen LogP contribution in [-0.4, -0.2) is 0 Å². The Morgan fingerprint density at radius 2 is 1.10 bits per heavy atom. The maximum absolute atomic E-state index is 2.53. The normalized spacial score (nSPS) is 18.4. The highest BCUT2D eigenvalue weighted by atomic mass is 15.1. The Bertz CT molecular complexity index is 2890. The minimum Gasteiger partial charge on any atom is -0.310 e. The molecule has 3 atom stereocenters. The number of fused-ring (bicyclic) bond motifs is 1. The van der Waals surface area contributed by atoms with E-state index in [0.717, 1.165) is 23.5 Å². The van der Waals surface area contributed by atoms with Crippen molar-refractivity contribution in [3.8, 4) is 33.4 Å². The van der Waals surface area contributed by atoms with Crippen LogP contribution in [0.2, 0.25) is 0 Å². The van der Waals surface area contributed by atoms with Gasteiger partial charge in [-0.1, -0.05) is 214 Å². The molecule has 0 N–H and O–H groups in total. The number of hydrogen-bond acceptors (Lipinski definition) is 1. The Kier molecular flexibility index (Phi) is 10.2. The third kappa shape index (κ3) is 7.72. The third-order valence-corrected chi connectivity index (χ3v) is 12.8. The highest BCUT2D eigenvalue weighted by Crippen LogP contribution is 2.46. The summed E-state index contributed by atoms with van der Waals surface area (Å²) in [5.74, 6) is 0.788. The number of para-hydroxylation sites is 1. The van der Waals surface area contributed by atoms with E-state index in [9.17, 15) is 0 Å². The first kappa shape index (κ1) is 38.0. The van der Waals surface area contributed by atoms with Gasteiger partial charge in [-0.25, -0.2) is 0 Å². The number of allylic oxidation sites excluding steroid dienone is 8. The summed E-state index contributed by atoms with van der Waals surface area (Å²) < 4.78 is 0. The topological polar surface area (TPSA) is 3.24 Å². The van der Waals surface area contributed by atoms with Crippen molar-refractivity contribution in [3.63, 3.8) is 0 Å². The van der Waals surface area contributed by atoms with E-state index in [0.29, 0.717) is 11.8 Å². The molecule has 2 aliphatic carbocycles. The Morgan fingerprint density at radius 3 is 1.75 bits per heavy atom. The zero-order valence-corrected chi connectivity index (χ0v) is 34.8. The predicted octanol–water partition coefficient (Wildman–Crippen LogP) is 16.6. The molecule has 2 aliphatic rings. The molecule has 0 saturated carbocycles. The summed E-state index contributed by atoms with van der Waals surface area (Å²) in [6, 6.07) is 72.8. The molecule has 0 radical (unpaired) electrons. The lowest BCUT2D eigenvalue weighted by molar-refractivity contribution is 0.512. The molecule has 8 aromatic carbocycles. The van der Waals surface area contributed by atoms with Crippen LogP contribution in [0.1, 0.15) is 37.3 Å². The molecule has 3 unspecified atom stereocenters. The van der Waals surface area contributed by atoms with Crippen molar-refractivity contribution in [2.75, 3.05) is 4.90 Å². The molecular weight excluding hydrogens is 735 g/mol. The minimum atomic E-state index is -0.0760. The molecule has 1 heteroatoms. The summed E-state index contributed by atoms with van der Waals surface area (Å²) >= 11 is 0. The van der Waals surface area contributed by atoms with Gasteiger partial charge in [-0.3, -0.25) is 0 Å². The number of anilines is 3. The van der Waals surface area contributed by atoms with Gasteiger partial charge in [-0.15, -0.1) is 0 Å². The fourth-order valence-corrected chi connectivity index (χ4v) is 9.23. The van der Waals surface area contributed by atoms with Gasteiger partial charge in [0.25, 0.3) is 0 Å². The first-order valence-corrected chi connectivity index (χ1v) is 21.6. The highest BCUT2D eigenvalue weighted by Gasteiger charge is 2.30. The lowest BCUT2D eigenvalue weighted by Crippen LogP contribution is -2.21. The van der Waals surface area contributed by atoms with Crippen molar-refractivity contribution in [1.82, 2.24) is 0 Å². The van der Waals surface area contributed by atoms with Crippen LogP contribution in [0.3, 0.4) is 0 Å². The number of rotatable bonds is 9. The molecule has 0 aliphatic heterocycles. The lowest BCUT2D eigenvalue weighted by Gasteiger charge is -2.34. The highest BCUT2D eigenvalue weighted by molar-refractivity contribution is 5.91. The largest absolute Gasteiger partial charge is 0.310 e. The fraction of sp³-hybridized carbons (Fsp3) is 0.100. The first-order chi connectivity index (χ1) is 30.0. The van der Waals surface area contributed by atoms with E-state index in [-0.39, 0.29) is 5.41 Å². The molecule has 294 valence electrons. The molecule has 8 aromatic rings. The molecule has 10 rings (SSSR count). The van der Waals surface area contributed by atoms with Crippen molar-refractivity contribution in [1.29, 1.82) is 0 Å². The van der Waals surface area contributed by atoms with Gasteiger partial charge < -0.3 is 4.90 Å². The first-order valence-electron chi connectivity index (χ1n) is 21.6. The second-order valence-electron chi connectivity index (χ2n) is 16.9. The van der Waals surface area contributed by atoms with Crippen LogP contribution in [-0.2, 0) is 0 Å². The fourth-order valence-electron chi connectivity index (χ4n) is 9.23. The molecule has 0 fully saturated rings. The molecule has 0 spiro atoms. The minimum absolute atomic E-state index is 0.0760. The molecule has 0 saturated heterocycles. The Hall–Kier alpha value is -7.22. The van der Waals surface area contributed by atoms with E-state index >= 15 is 0 Å². The van der Waals surface area contributed by atoms with Crippen LogP contribution in [0.25, 0.3) is 49.7 Å². The summed E-state index contributed by atoms with van der Waals surface area (Å²) in [4.78, 5) is 2.43. The average Bonchev–Trinajstić information content (AvgIpc) is 3.33. The molecule has 0 bridgehead atoms. The summed E-state index contributed by atoms with van der Waals surface area (Å²) in [5, 5.41) is 2.60. The maximum Gasteiger partial charge on any atom is 0.0540 e. The Morgan fingerprint density at radius 1 is 0.492 bits per heavy atom. The van der Waals surface area contributed by atoms with E-state index in [1.54, 1.807) is 0 Å². The zero-order chi connectivity index (χ0) is 41.2. The summed E-state index contributed by atoms with van der Waals surface area (Å²) in [7, 11) is 0. The van der Waals surface area contributed by atoms with Crippen molar-refractivity contribution in [3.05, 3.63) is 253 Å². The van der Waals surface area contributed by atoms with Gasteiger partial charge in [-0.2, -0.15) is 0 Å². The van der Waals surface area contributed by atoms with Gasteiger partial charge in [0.15, 0.2) is 0 Å². The second-order valence-corrected chi connectivity index (χ2v) is 16.9. The van der Waals surface area contributed by atoms with Gasteiger partial charge in [-0.05, 0) is 110 Å². The molecule has 0 amide bonds. The van der Waals surface area contributed by atoms with Gasteiger partial charge in [0.05, 0.1) is 5.69 Å². The standard InChI is InChI=1S/C60H49N/c1-43-26-31-54(42-58(43)51-28-27-46-20-12-13-23-50(46)38-51)60(2)36-34-48(35-37-60)47-29-32-55(33-30-47)61(59-25-15-14-24-57(59)49-21-10-5-11-22-49)56-40-52(44-16-6-3-7-17-44)39-53(41-56)45-18-8-4-9-19-45/h3-36,38-43,58H,37H2,1-2H3. The molecule has 61 heavy (non-hydrogen) atoms. The molecule has 0 heterocycles. The van der Waals surface area contributed by atoms with Gasteiger partial charge in [0.1, 0.15) is 0 Å². The van der Waals surface area contributed by atoms with Gasteiger partial charge in [0.2, 0.25) is 0 Å². The third-order valence-electron chi connectivity index (χ3n) is 12.8. The van der Waals surface area contributed by atoms with Crippen molar-refractivity contribution in [2.24, 2.45) is 11.3 Å². The Balaban J connectivity index is 1.00. The van der Waals surface area contributed by atoms with Crippen LogP contribution in [0.4, 0.5) is 17.1 Å². The lowest BCUT2D eigenvalue weighted by atomic mass is 9.70. The van der Waals surface area contributed by atoms with Crippen LogP contribution in [0, 0.1) is 11.3 Å². The van der Waals surface area contributed by atoms with Gasteiger partial charge in [0, 0.05) is 28.3 Å². The summed E-state index contributed by atoms with van der Waals surface area (Å²) in [6.45, 7) is 4.73. The van der Waals surface area contributed by atoms with Crippen molar-refractivity contribution >= 4 is 33.4 Å². The van der Waals surface area contributed by atoms with Crippen LogP contribution < -0.4 is 4.90 Å². The summed E-state index contributed by atoms with van der Waals surface area (Å²) in [5.41, 5.74) is 15.6. The number of hydrogen-bond donors (Lipinski definition) is 0. The SMILES string of the molecule is CC1C=CC(C2(C)C=CC(c3ccc(N(c4cc(-c5ccccc5)cc(-c5ccccc5)c4)c4ccccc4-c4ccccc4)cc3)=CC2)=CC1c1ccc2ccccc2c1. The second kappa shape index (κ2) is 16.4. The number of nitrogens with zero attached hydrogens (tertiary/aromatic N) is 1. The summed E-state index contributed by atoms with van der Waals surface area (Å²) in [6.07, 6.45) is 15.5. The van der Waals surface area contributed by atoms with E-state index in [4.69, 9.17) is 0 Å². The van der Waals surface area contributed by atoms with Crippen molar-refractivity contribution in [2.45, 2.75) is 26.2 Å². The van der Waals surface area contributed by atoms with E-state index in [1.165, 1.54) is 66.4 Å². The monoisotopic (exact) mass is 783 g/mol. The van der Waals surface area contributed by atoms with Crippen LogP contribution in [0.15, 0.2) is 242 Å². The maximum atomic E-state index is 2.53. The van der Waals surface area contributed by atoms with E-state index in [1.807, 2.05) is 0 Å². The quantitative estimate of drug-likeness (QED) is 0.141. The Labute approximate surface area is 361 Å². The van der Waals surface area contributed by atoms with Crippen LogP contribution >= 0.6 is 0 Å². The predicted molar refractivity (Wildman–Crippen MR) is 260 cm³/mol. The van der Waals surface area contributed by atoms with Crippen molar-refractivity contribution < 1.29 is 0 Å². The molecule has 1 nitrogen and oxygen atoms in total. The molecular formula is C60H49N. The number of benzene rings is 8. The smallest absolute Gasteiger partial charge is 0.0540 e. The average molecular weight is 784 g/mol. The van der Waals surface area contributed by atoms with E-state index < -0.39 is 0 Å². The molecule has 0 aromatic heterocycles.